The molecule has 0 bridgehead atoms. The minimum atomic E-state index is 0.549. The highest BCUT2D eigenvalue weighted by Gasteiger charge is 2.30. The van der Waals surface area contributed by atoms with Crippen LogP contribution in [0.4, 0.5) is 0 Å². The summed E-state index contributed by atoms with van der Waals surface area (Å²) in [6.07, 6.45) is 10.7. The summed E-state index contributed by atoms with van der Waals surface area (Å²) in [5.74, 6) is 0. The van der Waals surface area contributed by atoms with Crippen molar-refractivity contribution in [3.8, 4) is 0 Å². The number of benzene rings is 1. The fraction of sp³-hybridized carbons (Fsp3) is 0.556. The van der Waals surface area contributed by atoms with Gasteiger partial charge in [-0.05, 0) is 38.2 Å². The van der Waals surface area contributed by atoms with Gasteiger partial charge in [-0.2, -0.15) is 0 Å². The van der Waals surface area contributed by atoms with Crippen LogP contribution in [0.5, 0.6) is 0 Å². The molecule has 102 valence electrons. The smallest absolute Gasteiger partial charge is 0.0326 e. The molecule has 1 heterocycles. The zero-order valence-electron chi connectivity index (χ0n) is 12.0. The van der Waals surface area contributed by atoms with E-state index >= 15 is 0 Å². The first kappa shape index (κ1) is 12.9. The van der Waals surface area contributed by atoms with E-state index in [0.717, 1.165) is 0 Å². The van der Waals surface area contributed by atoms with Gasteiger partial charge in [0.25, 0.3) is 0 Å². The van der Waals surface area contributed by atoms with Crippen molar-refractivity contribution in [2.75, 3.05) is 6.54 Å². The third-order valence-corrected chi connectivity index (χ3v) is 4.84. The van der Waals surface area contributed by atoms with E-state index in [4.69, 9.17) is 0 Å². The van der Waals surface area contributed by atoms with Crippen molar-refractivity contribution in [2.24, 2.45) is 0 Å². The van der Waals surface area contributed by atoms with Crippen molar-refractivity contribution in [1.82, 2.24) is 4.90 Å². The monoisotopic (exact) mass is 255 g/mol. The Morgan fingerprint density at radius 3 is 2.79 bits per heavy atom. The molecule has 3 rings (SSSR count). The molecule has 2 atom stereocenters. The highest BCUT2D eigenvalue weighted by Crippen LogP contribution is 2.35. The Bertz CT molecular complexity index is 434. The summed E-state index contributed by atoms with van der Waals surface area (Å²) in [5.41, 5.74) is 3.19. The maximum atomic E-state index is 2.75. The maximum Gasteiger partial charge on any atom is 0.0326 e. The molecule has 0 amide bonds. The minimum Gasteiger partial charge on any atom is -0.290 e. The molecule has 2 unspecified atom stereocenters. The van der Waals surface area contributed by atoms with E-state index in [-0.39, 0.29) is 0 Å². The number of nitrogens with zero attached hydrogens (tertiary/aromatic N) is 1. The van der Waals surface area contributed by atoms with Gasteiger partial charge in [-0.25, -0.2) is 0 Å². The average Bonchev–Trinajstić information content (AvgIpc) is 2.72. The molecule has 1 aliphatic carbocycles. The van der Waals surface area contributed by atoms with Crippen molar-refractivity contribution < 1.29 is 0 Å². The van der Waals surface area contributed by atoms with Gasteiger partial charge in [0.15, 0.2) is 0 Å². The molecule has 1 saturated carbocycles. The van der Waals surface area contributed by atoms with Crippen LogP contribution >= 0.6 is 0 Å². The van der Waals surface area contributed by atoms with Crippen LogP contribution in [0.3, 0.4) is 0 Å². The number of fused-ring (bicyclic) bond motifs is 1. The topological polar surface area (TPSA) is 3.24 Å². The third kappa shape index (κ3) is 2.76. The number of rotatable bonds is 2. The lowest BCUT2D eigenvalue weighted by Gasteiger charge is -2.40. The summed E-state index contributed by atoms with van der Waals surface area (Å²) in [6, 6.07) is 12.3. The average molecular weight is 255 g/mol. The van der Waals surface area contributed by atoms with E-state index in [1.807, 2.05) is 0 Å². The van der Waals surface area contributed by atoms with E-state index in [2.05, 4.69) is 48.2 Å². The summed E-state index contributed by atoms with van der Waals surface area (Å²) in [6.45, 7) is 3.60. The van der Waals surface area contributed by atoms with Gasteiger partial charge in [-0.3, -0.25) is 4.90 Å². The Morgan fingerprint density at radius 2 is 1.95 bits per heavy atom. The molecular formula is C18H25N. The van der Waals surface area contributed by atoms with Gasteiger partial charge in [0, 0.05) is 18.6 Å². The molecule has 2 aliphatic rings. The molecule has 1 nitrogen and oxygen atoms in total. The summed E-state index contributed by atoms with van der Waals surface area (Å²) >= 11 is 0. The second kappa shape index (κ2) is 5.92. The summed E-state index contributed by atoms with van der Waals surface area (Å²) in [7, 11) is 0. The first-order valence-corrected chi connectivity index (χ1v) is 7.86. The fourth-order valence-corrected chi connectivity index (χ4v) is 3.75. The zero-order valence-corrected chi connectivity index (χ0v) is 12.0. The lowest BCUT2D eigenvalue weighted by Crippen LogP contribution is -2.41. The molecule has 1 aliphatic heterocycles. The standard InChI is InChI=1S/C18H25N/c1-15(16-9-4-2-5-10-16)19-14-8-12-17-11-6-3-7-13-18(17)19/h2,4-5,9-10,12,15,18H,3,6-8,11,13-14H2,1H3. The highest BCUT2D eigenvalue weighted by molar-refractivity contribution is 5.22. The minimum absolute atomic E-state index is 0.549. The summed E-state index contributed by atoms with van der Waals surface area (Å²) < 4.78 is 0. The summed E-state index contributed by atoms with van der Waals surface area (Å²) in [4.78, 5) is 2.75. The fourth-order valence-electron chi connectivity index (χ4n) is 3.75. The SMILES string of the molecule is CC(c1ccccc1)N1CCC=C2CCCCCC21. The molecule has 0 N–H and O–H groups in total. The van der Waals surface area contributed by atoms with Crippen LogP contribution in [0.1, 0.15) is 57.1 Å². The second-order valence-electron chi connectivity index (χ2n) is 6.01. The van der Waals surface area contributed by atoms with Crippen LogP contribution in [0, 0.1) is 0 Å². The van der Waals surface area contributed by atoms with Crippen LogP contribution in [0.15, 0.2) is 42.0 Å². The van der Waals surface area contributed by atoms with Crippen molar-refractivity contribution in [1.29, 1.82) is 0 Å². The molecule has 0 saturated heterocycles. The van der Waals surface area contributed by atoms with Crippen LogP contribution in [-0.4, -0.2) is 17.5 Å². The van der Waals surface area contributed by atoms with Gasteiger partial charge in [-0.15, -0.1) is 0 Å². The second-order valence-corrected chi connectivity index (χ2v) is 6.01. The molecule has 0 aromatic heterocycles. The Hall–Kier alpha value is -1.08. The highest BCUT2D eigenvalue weighted by atomic mass is 15.2. The predicted octanol–water partition coefficient (Wildman–Crippen LogP) is 4.71. The first-order valence-electron chi connectivity index (χ1n) is 7.86. The molecule has 1 aromatic carbocycles. The van der Waals surface area contributed by atoms with Crippen molar-refractivity contribution in [2.45, 2.75) is 57.5 Å². The van der Waals surface area contributed by atoms with Crippen LogP contribution in [-0.2, 0) is 0 Å². The van der Waals surface area contributed by atoms with E-state index < -0.39 is 0 Å². The quantitative estimate of drug-likeness (QED) is 0.692. The zero-order chi connectivity index (χ0) is 13.1. The van der Waals surface area contributed by atoms with E-state index in [1.165, 1.54) is 50.6 Å². The van der Waals surface area contributed by atoms with Gasteiger partial charge < -0.3 is 0 Å². The Balaban J connectivity index is 1.82. The van der Waals surface area contributed by atoms with Gasteiger partial charge in [0.2, 0.25) is 0 Å². The normalized spacial score (nSPS) is 26.2. The Morgan fingerprint density at radius 1 is 1.11 bits per heavy atom. The number of hydrogen-bond donors (Lipinski definition) is 0. The molecule has 19 heavy (non-hydrogen) atoms. The first-order chi connectivity index (χ1) is 9.36. The lowest BCUT2D eigenvalue weighted by atomic mass is 9.92. The molecule has 0 spiro atoms. The van der Waals surface area contributed by atoms with Crippen LogP contribution in [0.2, 0.25) is 0 Å². The molecule has 0 radical (unpaired) electrons. The largest absolute Gasteiger partial charge is 0.290 e. The van der Waals surface area contributed by atoms with Gasteiger partial charge in [-0.1, -0.05) is 54.8 Å². The Labute approximate surface area is 117 Å². The van der Waals surface area contributed by atoms with Gasteiger partial charge >= 0.3 is 0 Å². The van der Waals surface area contributed by atoms with Gasteiger partial charge in [0.05, 0.1) is 0 Å². The van der Waals surface area contributed by atoms with E-state index in [1.54, 1.807) is 5.57 Å². The number of hydrogen-bond acceptors (Lipinski definition) is 1. The van der Waals surface area contributed by atoms with Crippen LogP contribution in [0.25, 0.3) is 0 Å². The van der Waals surface area contributed by atoms with Crippen molar-refractivity contribution in [3.63, 3.8) is 0 Å². The molecule has 1 heteroatoms. The van der Waals surface area contributed by atoms with Crippen LogP contribution < -0.4 is 0 Å². The van der Waals surface area contributed by atoms with Gasteiger partial charge in [0.1, 0.15) is 0 Å². The van der Waals surface area contributed by atoms with Crippen molar-refractivity contribution in [3.05, 3.63) is 47.5 Å². The summed E-state index contributed by atoms with van der Waals surface area (Å²) in [5, 5.41) is 0. The van der Waals surface area contributed by atoms with E-state index in [9.17, 15) is 0 Å². The molecular weight excluding hydrogens is 230 g/mol. The Kier molecular flexibility index (Phi) is 4.03. The molecule has 1 aromatic rings. The molecule has 1 fully saturated rings. The lowest BCUT2D eigenvalue weighted by molar-refractivity contribution is 0.149. The predicted molar refractivity (Wildman–Crippen MR) is 81.1 cm³/mol. The third-order valence-electron chi connectivity index (χ3n) is 4.84. The van der Waals surface area contributed by atoms with E-state index in [0.29, 0.717) is 12.1 Å². The maximum absolute atomic E-state index is 2.75. The van der Waals surface area contributed by atoms with Crippen molar-refractivity contribution >= 4 is 0 Å².